The minimum absolute atomic E-state index is 0.216. The highest BCUT2D eigenvalue weighted by atomic mass is 35.5. The SMILES string of the molecule is CC(OCC(F)(F)F)/C(=C\C=C/N)C(C)N(C)Cc1c(C=C2CC2)ccnc1Cl. The van der Waals surface area contributed by atoms with Gasteiger partial charge in [-0.15, -0.1) is 0 Å². The maximum absolute atomic E-state index is 12.6. The van der Waals surface area contributed by atoms with E-state index < -0.39 is 18.9 Å². The largest absolute Gasteiger partial charge is 0.411 e. The van der Waals surface area contributed by atoms with Gasteiger partial charge in [0.05, 0.1) is 6.10 Å². The molecule has 29 heavy (non-hydrogen) atoms. The molecule has 0 aliphatic heterocycles. The number of nitrogens with zero attached hydrogens (tertiary/aromatic N) is 2. The van der Waals surface area contributed by atoms with E-state index in [2.05, 4.69) is 11.1 Å². The normalized spacial score (nSPS) is 17.1. The Labute approximate surface area is 174 Å². The summed E-state index contributed by atoms with van der Waals surface area (Å²) in [7, 11) is 1.89. The molecule has 160 valence electrons. The van der Waals surface area contributed by atoms with Crippen molar-refractivity contribution in [3.05, 3.63) is 58.0 Å². The molecule has 0 amide bonds. The van der Waals surface area contributed by atoms with E-state index in [0.29, 0.717) is 17.3 Å². The van der Waals surface area contributed by atoms with Crippen molar-refractivity contribution in [1.82, 2.24) is 9.88 Å². The first-order valence-corrected chi connectivity index (χ1v) is 9.80. The van der Waals surface area contributed by atoms with E-state index >= 15 is 0 Å². The Kier molecular flexibility index (Phi) is 8.31. The topological polar surface area (TPSA) is 51.4 Å². The van der Waals surface area contributed by atoms with Gasteiger partial charge in [0, 0.05) is 24.3 Å². The fraction of sp³-hybridized carbons (Fsp3) is 0.476. The average Bonchev–Trinajstić information content (AvgIpc) is 3.46. The number of hydrogen-bond acceptors (Lipinski definition) is 4. The van der Waals surface area contributed by atoms with E-state index in [-0.39, 0.29) is 6.04 Å². The molecule has 1 fully saturated rings. The number of hydrogen-bond donors (Lipinski definition) is 1. The van der Waals surface area contributed by atoms with Gasteiger partial charge in [-0.1, -0.05) is 29.3 Å². The summed E-state index contributed by atoms with van der Waals surface area (Å²) < 4.78 is 42.7. The minimum Gasteiger partial charge on any atom is -0.405 e. The van der Waals surface area contributed by atoms with E-state index in [4.69, 9.17) is 22.1 Å². The minimum atomic E-state index is -4.38. The third-order valence-corrected chi connectivity index (χ3v) is 5.18. The van der Waals surface area contributed by atoms with Gasteiger partial charge in [0.25, 0.3) is 0 Å². The van der Waals surface area contributed by atoms with Gasteiger partial charge in [-0.2, -0.15) is 13.2 Å². The van der Waals surface area contributed by atoms with Gasteiger partial charge in [0.2, 0.25) is 0 Å². The van der Waals surface area contributed by atoms with Crippen LogP contribution in [0.15, 0.2) is 41.8 Å². The number of rotatable bonds is 9. The van der Waals surface area contributed by atoms with Crippen LogP contribution in [0.3, 0.4) is 0 Å². The van der Waals surface area contributed by atoms with Gasteiger partial charge >= 0.3 is 6.18 Å². The molecule has 0 aromatic carbocycles. The Hall–Kier alpha value is -1.83. The highest BCUT2D eigenvalue weighted by Gasteiger charge is 2.30. The lowest BCUT2D eigenvalue weighted by Crippen LogP contribution is -2.36. The second-order valence-corrected chi connectivity index (χ2v) is 7.54. The average molecular weight is 430 g/mol. The van der Waals surface area contributed by atoms with Crippen molar-refractivity contribution in [2.75, 3.05) is 13.7 Å². The molecule has 8 heteroatoms. The molecule has 0 bridgehead atoms. The van der Waals surface area contributed by atoms with Crippen molar-refractivity contribution in [3.63, 3.8) is 0 Å². The van der Waals surface area contributed by atoms with E-state index in [1.807, 2.05) is 24.9 Å². The van der Waals surface area contributed by atoms with Crippen molar-refractivity contribution < 1.29 is 17.9 Å². The first-order chi connectivity index (χ1) is 13.6. The number of alkyl halides is 3. The molecule has 1 aliphatic rings. The third-order valence-electron chi connectivity index (χ3n) is 4.86. The summed E-state index contributed by atoms with van der Waals surface area (Å²) in [6.07, 6.45) is 5.50. The first kappa shape index (κ1) is 23.4. The molecule has 1 aromatic heterocycles. The highest BCUT2D eigenvalue weighted by Crippen LogP contribution is 2.32. The Morgan fingerprint density at radius 2 is 2.07 bits per heavy atom. The Bertz CT molecular complexity index is 784. The molecule has 0 saturated heterocycles. The number of likely N-dealkylation sites (N-methyl/N-ethyl adjacent to an activating group) is 1. The number of ether oxygens (including phenoxy) is 1. The zero-order valence-electron chi connectivity index (χ0n) is 16.8. The molecule has 2 unspecified atom stereocenters. The van der Waals surface area contributed by atoms with Crippen molar-refractivity contribution in [2.45, 2.75) is 51.6 Å². The van der Waals surface area contributed by atoms with Gasteiger partial charge in [-0.05, 0) is 63.2 Å². The van der Waals surface area contributed by atoms with Crippen LogP contribution in [0.1, 0.15) is 37.8 Å². The summed E-state index contributed by atoms with van der Waals surface area (Å²) in [5.41, 5.74) is 9.38. The second-order valence-electron chi connectivity index (χ2n) is 7.18. The van der Waals surface area contributed by atoms with Crippen LogP contribution in [0.4, 0.5) is 13.2 Å². The number of pyridine rings is 1. The number of allylic oxidation sites excluding steroid dienone is 3. The van der Waals surface area contributed by atoms with Crippen LogP contribution < -0.4 is 5.73 Å². The lowest BCUT2D eigenvalue weighted by Gasteiger charge is -2.31. The van der Waals surface area contributed by atoms with E-state index in [1.54, 1.807) is 25.3 Å². The summed E-state index contributed by atoms with van der Waals surface area (Å²) in [6.45, 7) is 2.70. The molecule has 1 aromatic rings. The lowest BCUT2D eigenvalue weighted by atomic mass is 10.0. The van der Waals surface area contributed by atoms with Crippen LogP contribution >= 0.6 is 11.6 Å². The molecule has 2 N–H and O–H groups in total. The van der Waals surface area contributed by atoms with Crippen molar-refractivity contribution in [1.29, 1.82) is 0 Å². The van der Waals surface area contributed by atoms with Gasteiger partial charge in [-0.25, -0.2) is 4.98 Å². The Morgan fingerprint density at radius 1 is 1.38 bits per heavy atom. The van der Waals surface area contributed by atoms with Crippen molar-refractivity contribution >= 4 is 17.7 Å². The Balaban J connectivity index is 2.19. The molecule has 2 rings (SSSR count). The molecule has 0 spiro atoms. The second kappa shape index (κ2) is 10.3. The maximum Gasteiger partial charge on any atom is 0.411 e. The summed E-state index contributed by atoms with van der Waals surface area (Å²) in [4.78, 5) is 6.18. The van der Waals surface area contributed by atoms with Gasteiger partial charge < -0.3 is 10.5 Å². The van der Waals surface area contributed by atoms with Crippen LogP contribution in [0.5, 0.6) is 0 Å². The maximum atomic E-state index is 12.6. The lowest BCUT2D eigenvalue weighted by molar-refractivity contribution is -0.180. The van der Waals surface area contributed by atoms with E-state index in [1.165, 1.54) is 11.8 Å². The summed E-state index contributed by atoms with van der Waals surface area (Å²) in [5, 5.41) is 0.424. The van der Waals surface area contributed by atoms with Crippen molar-refractivity contribution in [2.24, 2.45) is 5.73 Å². The van der Waals surface area contributed by atoms with Crippen LogP contribution in [-0.2, 0) is 11.3 Å². The zero-order chi connectivity index (χ0) is 21.6. The standard InChI is InChI=1S/C21H27ClF3N3O/c1-14(18(5-4-9-26)15(2)29-13-21(23,24)25)28(3)12-19-17(11-16-6-7-16)8-10-27-20(19)22/h4-5,8-11,14-15H,6-7,12-13,26H2,1-3H3/b9-4-,18-5-. The van der Waals surface area contributed by atoms with Crippen LogP contribution in [0.2, 0.25) is 5.15 Å². The predicted octanol–water partition coefficient (Wildman–Crippen LogP) is 5.10. The molecule has 2 atom stereocenters. The quantitative estimate of drug-likeness (QED) is 0.438. The monoisotopic (exact) mass is 429 g/mol. The molecule has 4 nitrogen and oxygen atoms in total. The number of aromatic nitrogens is 1. The summed E-state index contributed by atoms with van der Waals surface area (Å²) >= 11 is 6.35. The number of halogens is 4. The van der Waals surface area contributed by atoms with Crippen LogP contribution in [0, 0.1) is 0 Å². The van der Waals surface area contributed by atoms with Gasteiger partial charge in [0.1, 0.15) is 11.8 Å². The smallest absolute Gasteiger partial charge is 0.405 e. The predicted molar refractivity (Wildman–Crippen MR) is 110 cm³/mol. The molecular formula is C21H27ClF3N3O. The molecular weight excluding hydrogens is 403 g/mol. The molecule has 1 saturated carbocycles. The summed E-state index contributed by atoms with van der Waals surface area (Å²) in [6, 6.07) is 1.71. The third kappa shape index (κ3) is 7.49. The van der Waals surface area contributed by atoms with Gasteiger partial charge in [-0.3, -0.25) is 4.90 Å². The fourth-order valence-electron chi connectivity index (χ4n) is 2.95. The molecule has 1 heterocycles. The van der Waals surface area contributed by atoms with Crippen molar-refractivity contribution in [3.8, 4) is 0 Å². The highest BCUT2D eigenvalue weighted by molar-refractivity contribution is 6.30. The van der Waals surface area contributed by atoms with Crippen LogP contribution in [-0.4, -0.2) is 41.9 Å². The van der Waals surface area contributed by atoms with E-state index in [9.17, 15) is 13.2 Å². The zero-order valence-corrected chi connectivity index (χ0v) is 17.6. The van der Waals surface area contributed by atoms with Gasteiger partial charge in [0.15, 0.2) is 0 Å². The van der Waals surface area contributed by atoms with Crippen LogP contribution in [0.25, 0.3) is 6.08 Å². The fourth-order valence-corrected chi connectivity index (χ4v) is 3.17. The Morgan fingerprint density at radius 3 is 2.66 bits per heavy atom. The molecule has 0 radical (unpaired) electrons. The number of nitrogens with two attached hydrogens (primary N) is 1. The first-order valence-electron chi connectivity index (χ1n) is 9.42. The van der Waals surface area contributed by atoms with E-state index in [0.717, 1.165) is 24.0 Å². The molecule has 1 aliphatic carbocycles. The summed E-state index contributed by atoms with van der Waals surface area (Å²) in [5.74, 6) is 0.